The smallest absolute Gasteiger partial charge is 0.203 e. The predicted octanol–water partition coefficient (Wildman–Crippen LogP) is 0.778. The Balaban J connectivity index is 1.85. The van der Waals surface area contributed by atoms with Gasteiger partial charge in [-0.2, -0.15) is 5.10 Å². The summed E-state index contributed by atoms with van der Waals surface area (Å²) in [5.41, 5.74) is 2.87. The maximum Gasteiger partial charge on any atom is 0.203 e. The Kier molecular flexibility index (Phi) is 2.44. The van der Waals surface area contributed by atoms with Crippen LogP contribution in [0.15, 0.2) is 24.9 Å². The molecule has 18 heavy (non-hydrogen) atoms. The number of fused-ring (bicyclic) bond motifs is 1. The Morgan fingerprint density at radius 2 is 2.28 bits per heavy atom. The van der Waals surface area contributed by atoms with Gasteiger partial charge in [-0.25, -0.2) is 4.98 Å². The van der Waals surface area contributed by atoms with Gasteiger partial charge in [-0.15, -0.1) is 10.2 Å². The second-order valence-corrected chi connectivity index (χ2v) is 4.10. The van der Waals surface area contributed by atoms with E-state index in [-0.39, 0.29) is 0 Å². The average Bonchev–Trinajstić information content (AvgIpc) is 2.93. The van der Waals surface area contributed by atoms with Gasteiger partial charge in [0.2, 0.25) is 5.65 Å². The summed E-state index contributed by atoms with van der Waals surface area (Å²) in [6.45, 7) is 2.65. The zero-order chi connectivity index (χ0) is 12.5. The summed E-state index contributed by atoms with van der Waals surface area (Å²) < 4.78 is 3.63. The van der Waals surface area contributed by atoms with E-state index in [4.69, 9.17) is 0 Å². The van der Waals surface area contributed by atoms with Crippen LogP contribution in [-0.4, -0.2) is 29.4 Å². The van der Waals surface area contributed by atoms with Crippen molar-refractivity contribution in [2.75, 3.05) is 5.32 Å². The molecule has 3 rings (SSSR count). The molecule has 0 fully saturated rings. The van der Waals surface area contributed by atoms with Gasteiger partial charge in [0, 0.05) is 37.7 Å². The summed E-state index contributed by atoms with van der Waals surface area (Å²) in [6, 6.07) is 0. The normalized spacial score (nSPS) is 11.0. The topological polar surface area (TPSA) is 72.9 Å². The van der Waals surface area contributed by atoms with Crippen LogP contribution < -0.4 is 5.32 Å². The molecule has 0 saturated heterocycles. The fraction of sp³-hybridized carbons (Fsp3) is 0.273. The first kappa shape index (κ1) is 10.7. The molecule has 0 bridgehead atoms. The molecule has 0 spiro atoms. The number of nitrogens with one attached hydrogen (secondary N) is 1. The number of hydrogen-bond acceptors (Lipinski definition) is 5. The third kappa shape index (κ3) is 1.79. The van der Waals surface area contributed by atoms with Gasteiger partial charge in [-0.1, -0.05) is 0 Å². The Morgan fingerprint density at radius 3 is 3.06 bits per heavy atom. The Hall–Kier alpha value is -2.44. The number of hydrogen-bond donors (Lipinski definition) is 1. The van der Waals surface area contributed by atoms with Crippen molar-refractivity contribution < 1.29 is 0 Å². The van der Waals surface area contributed by atoms with E-state index in [0.717, 1.165) is 22.7 Å². The zero-order valence-corrected chi connectivity index (χ0v) is 10.2. The van der Waals surface area contributed by atoms with E-state index in [1.165, 1.54) is 0 Å². The molecule has 0 radical (unpaired) electrons. The van der Waals surface area contributed by atoms with Gasteiger partial charge in [0.1, 0.15) is 6.33 Å². The van der Waals surface area contributed by atoms with Crippen LogP contribution in [0.1, 0.15) is 11.3 Å². The molecular formula is C11H13N7. The van der Waals surface area contributed by atoms with E-state index in [9.17, 15) is 0 Å². The summed E-state index contributed by atoms with van der Waals surface area (Å²) in [5.74, 6) is 0.721. The molecule has 7 heteroatoms. The summed E-state index contributed by atoms with van der Waals surface area (Å²) in [5, 5.41) is 15.4. The lowest BCUT2D eigenvalue weighted by atomic mass is 10.2. The Labute approximate surface area is 103 Å². The summed E-state index contributed by atoms with van der Waals surface area (Å²) >= 11 is 0. The number of rotatable bonds is 3. The average molecular weight is 243 g/mol. The van der Waals surface area contributed by atoms with Gasteiger partial charge >= 0.3 is 0 Å². The molecular weight excluding hydrogens is 230 g/mol. The molecule has 0 amide bonds. The first-order chi connectivity index (χ1) is 8.74. The van der Waals surface area contributed by atoms with Crippen LogP contribution in [0.25, 0.3) is 5.65 Å². The van der Waals surface area contributed by atoms with Crippen LogP contribution in [0.2, 0.25) is 0 Å². The third-order valence-electron chi connectivity index (χ3n) is 2.78. The Bertz CT molecular complexity index is 682. The molecule has 3 aromatic heterocycles. The minimum Gasteiger partial charge on any atom is -0.363 e. The van der Waals surface area contributed by atoms with Crippen molar-refractivity contribution in [2.45, 2.75) is 13.5 Å². The highest BCUT2D eigenvalue weighted by molar-refractivity contribution is 5.61. The van der Waals surface area contributed by atoms with Crippen LogP contribution in [0, 0.1) is 6.92 Å². The van der Waals surface area contributed by atoms with Gasteiger partial charge in [-0.05, 0) is 6.92 Å². The monoisotopic (exact) mass is 243 g/mol. The summed E-state index contributed by atoms with van der Waals surface area (Å²) in [6.07, 6.45) is 7.18. The van der Waals surface area contributed by atoms with Crippen molar-refractivity contribution in [3.63, 3.8) is 0 Å². The lowest BCUT2D eigenvalue weighted by Crippen LogP contribution is -2.03. The minimum atomic E-state index is 0.666. The second kappa shape index (κ2) is 4.10. The largest absolute Gasteiger partial charge is 0.363 e. The molecule has 92 valence electrons. The number of aromatic nitrogens is 6. The molecule has 0 atom stereocenters. The van der Waals surface area contributed by atoms with Gasteiger partial charge in [0.25, 0.3) is 0 Å². The minimum absolute atomic E-state index is 0.666. The summed E-state index contributed by atoms with van der Waals surface area (Å²) in [4.78, 5) is 4.27. The van der Waals surface area contributed by atoms with Gasteiger partial charge in [-0.3, -0.25) is 9.08 Å². The lowest BCUT2D eigenvalue weighted by molar-refractivity contribution is 0.756. The first-order valence-electron chi connectivity index (χ1n) is 5.61. The molecule has 0 unspecified atom stereocenters. The molecule has 1 N–H and O–H groups in total. The van der Waals surface area contributed by atoms with Crippen molar-refractivity contribution in [2.24, 2.45) is 7.05 Å². The van der Waals surface area contributed by atoms with Crippen LogP contribution in [0.3, 0.4) is 0 Å². The number of anilines is 1. The standard InChI is InChI=1S/C11H13N7/c1-8-9(6-17(2)16-8)5-13-10-11-15-14-7-18(11)4-3-12-10/h3-4,6-7H,5H2,1-2H3,(H,12,13). The van der Waals surface area contributed by atoms with Crippen molar-refractivity contribution in [1.29, 1.82) is 0 Å². The second-order valence-electron chi connectivity index (χ2n) is 4.10. The van der Waals surface area contributed by atoms with Crippen molar-refractivity contribution in [3.8, 4) is 0 Å². The molecule has 0 aliphatic heterocycles. The lowest BCUT2D eigenvalue weighted by Gasteiger charge is -2.04. The van der Waals surface area contributed by atoms with E-state index >= 15 is 0 Å². The highest BCUT2D eigenvalue weighted by Gasteiger charge is 2.06. The van der Waals surface area contributed by atoms with Gasteiger partial charge < -0.3 is 5.32 Å². The van der Waals surface area contributed by atoms with Crippen molar-refractivity contribution in [1.82, 2.24) is 29.4 Å². The summed E-state index contributed by atoms with van der Waals surface area (Å²) in [7, 11) is 1.91. The fourth-order valence-corrected chi connectivity index (χ4v) is 1.88. The number of aryl methyl sites for hydroxylation is 2. The van der Waals surface area contributed by atoms with Crippen LogP contribution in [-0.2, 0) is 13.6 Å². The SMILES string of the molecule is Cc1nn(C)cc1CNc1nccn2cnnc12. The number of nitrogens with zero attached hydrogens (tertiary/aromatic N) is 6. The van der Waals surface area contributed by atoms with E-state index in [1.54, 1.807) is 17.2 Å². The maximum absolute atomic E-state index is 4.30. The van der Waals surface area contributed by atoms with Crippen molar-refractivity contribution in [3.05, 3.63) is 36.2 Å². The van der Waals surface area contributed by atoms with Crippen LogP contribution >= 0.6 is 0 Å². The molecule has 0 aliphatic carbocycles. The first-order valence-corrected chi connectivity index (χ1v) is 5.61. The van der Waals surface area contributed by atoms with Crippen LogP contribution in [0.5, 0.6) is 0 Å². The zero-order valence-electron chi connectivity index (χ0n) is 10.2. The molecule has 7 nitrogen and oxygen atoms in total. The highest BCUT2D eigenvalue weighted by atomic mass is 15.3. The van der Waals surface area contributed by atoms with E-state index in [0.29, 0.717) is 6.54 Å². The molecule has 0 saturated carbocycles. The fourth-order valence-electron chi connectivity index (χ4n) is 1.88. The van der Waals surface area contributed by atoms with E-state index < -0.39 is 0 Å². The quantitative estimate of drug-likeness (QED) is 0.736. The van der Waals surface area contributed by atoms with Crippen LogP contribution in [0.4, 0.5) is 5.82 Å². The van der Waals surface area contributed by atoms with E-state index in [2.05, 4.69) is 25.6 Å². The Morgan fingerprint density at radius 1 is 1.39 bits per heavy atom. The molecule has 0 aromatic carbocycles. The maximum atomic E-state index is 4.30. The van der Waals surface area contributed by atoms with Crippen molar-refractivity contribution >= 4 is 11.5 Å². The predicted molar refractivity (Wildman–Crippen MR) is 66.1 cm³/mol. The molecule has 3 aromatic rings. The third-order valence-corrected chi connectivity index (χ3v) is 2.78. The molecule has 3 heterocycles. The highest BCUT2D eigenvalue weighted by Crippen LogP contribution is 2.12. The van der Waals surface area contributed by atoms with E-state index in [1.807, 2.05) is 30.8 Å². The molecule has 0 aliphatic rings. The van der Waals surface area contributed by atoms with Gasteiger partial charge in [0.15, 0.2) is 5.82 Å². The van der Waals surface area contributed by atoms with Gasteiger partial charge in [0.05, 0.1) is 5.69 Å².